The van der Waals surface area contributed by atoms with Crippen molar-refractivity contribution in [2.75, 3.05) is 26.4 Å². The predicted molar refractivity (Wildman–Crippen MR) is 73.9 cm³/mol. The Balaban J connectivity index is 1.92. The average molecular weight is 255 g/mol. The number of fused-ring (bicyclic) bond motifs is 1. The zero-order chi connectivity index (χ0) is 13.2. The summed E-state index contributed by atoms with van der Waals surface area (Å²) in [7, 11) is 0. The maximum atomic E-state index is 5.99. The Hall–Kier alpha value is -0.120. The first-order valence-corrected chi connectivity index (χ1v) is 7.45. The molecule has 3 heteroatoms. The minimum Gasteiger partial charge on any atom is -0.380 e. The van der Waals surface area contributed by atoms with Gasteiger partial charge in [0.1, 0.15) is 0 Å². The molecule has 0 aromatic rings. The second-order valence-corrected chi connectivity index (χ2v) is 6.77. The number of rotatable bonds is 5. The molecular formula is C15H29NO2. The van der Waals surface area contributed by atoms with Crippen LogP contribution in [0.4, 0.5) is 0 Å². The third-order valence-corrected chi connectivity index (χ3v) is 4.32. The largest absolute Gasteiger partial charge is 0.380 e. The van der Waals surface area contributed by atoms with E-state index in [4.69, 9.17) is 9.47 Å². The molecule has 18 heavy (non-hydrogen) atoms. The van der Waals surface area contributed by atoms with E-state index in [9.17, 15) is 0 Å². The van der Waals surface area contributed by atoms with Gasteiger partial charge in [-0.3, -0.25) is 4.90 Å². The summed E-state index contributed by atoms with van der Waals surface area (Å²) in [4.78, 5) is 2.68. The van der Waals surface area contributed by atoms with E-state index in [-0.39, 0.29) is 5.60 Å². The third kappa shape index (κ3) is 3.06. The van der Waals surface area contributed by atoms with Crippen LogP contribution in [0, 0.1) is 0 Å². The lowest BCUT2D eigenvalue weighted by atomic mass is 9.95. The highest BCUT2D eigenvalue weighted by Gasteiger charge is 2.49. The smallest absolute Gasteiger partial charge is 0.0650 e. The summed E-state index contributed by atoms with van der Waals surface area (Å²) in [6.07, 6.45) is 5.17. The molecule has 0 aromatic carbocycles. The lowest BCUT2D eigenvalue weighted by Gasteiger charge is -2.35. The van der Waals surface area contributed by atoms with Crippen molar-refractivity contribution in [3.05, 3.63) is 0 Å². The highest BCUT2D eigenvalue weighted by atomic mass is 16.5. The van der Waals surface area contributed by atoms with Gasteiger partial charge >= 0.3 is 0 Å². The Morgan fingerprint density at radius 1 is 1.28 bits per heavy atom. The van der Waals surface area contributed by atoms with Crippen LogP contribution < -0.4 is 0 Å². The lowest BCUT2D eigenvalue weighted by Crippen LogP contribution is -2.47. The van der Waals surface area contributed by atoms with E-state index < -0.39 is 0 Å². The quantitative estimate of drug-likeness (QED) is 0.754. The normalized spacial score (nSPS) is 33.0. The van der Waals surface area contributed by atoms with Crippen molar-refractivity contribution in [1.82, 2.24) is 4.90 Å². The number of nitrogens with zero attached hydrogens (tertiary/aromatic N) is 1. The van der Waals surface area contributed by atoms with Crippen LogP contribution in [0.3, 0.4) is 0 Å². The molecule has 0 bridgehead atoms. The molecule has 0 aromatic heterocycles. The Kier molecular flexibility index (Phi) is 4.35. The summed E-state index contributed by atoms with van der Waals surface area (Å²) in [6, 6.07) is 0.604. The maximum Gasteiger partial charge on any atom is 0.0650 e. The minimum atomic E-state index is -0.0229. The van der Waals surface area contributed by atoms with Gasteiger partial charge in [0, 0.05) is 18.2 Å². The molecule has 0 spiro atoms. The Morgan fingerprint density at radius 2 is 2.06 bits per heavy atom. The van der Waals surface area contributed by atoms with E-state index >= 15 is 0 Å². The molecule has 2 heterocycles. The van der Waals surface area contributed by atoms with E-state index in [1.807, 2.05) is 0 Å². The van der Waals surface area contributed by atoms with Gasteiger partial charge in [-0.25, -0.2) is 0 Å². The predicted octanol–water partition coefficient (Wildman–Crippen LogP) is 2.84. The number of hydrogen-bond acceptors (Lipinski definition) is 3. The van der Waals surface area contributed by atoms with Gasteiger partial charge in [-0.2, -0.15) is 0 Å². The molecule has 0 aliphatic carbocycles. The highest BCUT2D eigenvalue weighted by molar-refractivity contribution is 5.04. The van der Waals surface area contributed by atoms with Gasteiger partial charge in [-0.05, 0) is 59.9 Å². The maximum absolute atomic E-state index is 5.99. The van der Waals surface area contributed by atoms with E-state index in [2.05, 4.69) is 32.6 Å². The van der Waals surface area contributed by atoms with Crippen LogP contribution >= 0.6 is 0 Å². The van der Waals surface area contributed by atoms with E-state index in [0.29, 0.717) is 11.6 Å². The van der Waals surface area contributed by atoms with E-state index in [1.54, 1.807) is 0 Å². The molecule has 2 fully saturated rings. The van der Waals surface area contributed by atoms with E-state index in [0.717, 1.165) is 19.8 Å². The molecule has 0 radical (unpaired) electrons. The van der Waals surface area contributed by atoms with Gasteiger partial charge in [-0.15, -0.1) is 0 Å². The molecule has 0 saturated carbocycles. The fourth-order valence-corrected chi connectivity index (χ4v) is 3.43. The Bertz CT molecular complexity index is 274. The average Bonchev–Trinajstić information content (AvgIpc) is 2.81. The second kappa shape index (κ2) is 5.48. The van der Waals surface area contributed by atoms with Crippen molar-refractivity contribution < 1.29 is 9.47 Å². The van der Waals surface area contributed by atoms with Crippen LogP contribution in [-0.4, -0.2) is 48.4 Å². The summed E-state index contributed by atoms with van der Waals surface area (Å²) in [5.41, 5.74) is 0.312. The third-order valence-electron chi connectivity index (χ3n) is 4.32. The number of ether oxygens (including phenoxy) is 2. The first-order chi connectivity index (χ1) is 8.47. The van der Waals surface area contributed by atoms with Gasteiger partial charge in [0.25, 0.3) is 0 Å². The van der Waals surface area contributed by atoms with Gasteiger partial charge in [-0.1, -0.05) is 0 Å². The standard InChI is InChI=1S/C15H29NO2/c1-5-17-12-15-8-6-10-16(15)13(7-9-15)11-18-14(2,3)4/h13H,5-12H2,1-4H3/t13-,15-/m0/s1. The zero-order valence-electron chi connectivity index (χ0n) is 12.5. The molecule has 106 valence electrons. The summed E-state index contributed by atoms with van der Waals surface area (Å²) < 4.78 is 11.7. The van der Waals surface area contributed by atoms with Gasteiger partial charge < -0.3 is 9.47 Å². The van der Waals surface area contributed by atoms with Gasteiger partial charge in [0.05, 0.1) is 18.8 Å². The van der Waals surface area contributed by atoms with Crippen molar-refractivity contribution in [2.24, 2.45) is 0 Å². The minimum absolute atomic E-state index is 0.0229. The molecule has 2 atom stereocenters. The molecule has 2 aliphatic heterocycles. The van der Waals surface area contributed by atoms with Crippen LogP contribution in [0.5, 0.6) is 0 Å². The Labute approximate surface area is 112 Å². The van der Waals surface area contributed by atoms with Gasteiger partial charge in [0.15, 0.2) is 0 Å². The monoisotopic (exact) mass is 255 g/mol. The van der Waals surface area contributed by atoms with Crippen LogP contribution in [0.1, 0.15) is 53.4 Å². The fourth-order valence-electron chi connectivity index (χ4n) is 3.43. The molecule has 0 amide bonds. The highest BCUT2D eigenvalue weighted by Crippen LogP contribution is 2.42. The summed E-state index contributed by atoms with van der Waals surface area (Å²) in [5.74, 6) is 0. The summed E-state index contributed by atoms with van der Waals surface area (Å²) in [5, 5.41) is 0. The van der Waals surface area contributed by atoms with Crippen LogP contribution in [0.2, 0.25) is 0 Å². The Morgan fingerprint density at radius 3 is 2.72 bits per heavy atom. The molecular weight excluding hydrogens is 226 g/mol. The second-order valence-electron chi connectivity index (χ2n) is 6.77. The SMILES string of the molecule is CCOC[C@@]12CCCN1[C@H](COC(C)(C)C)CC2. The van der Waals surface area contributed by atoms with Crippen molar-refractivity contribution >= 4 is 0 Å². The van der Waals surface area contributed by atoms with Crippen molar-refractivity contribution in [3.8, 4) is 0 Å². The van der Waals surface area contributed by atoms with E-state index in [1.165, 1.54) is 32.2 Å². The fraction of sp³-hybridized carbons (Fsp3) is 1.00. The molecule has 2 aliphatic rings. The topological polar surface area (TPSA) is 21.7 Å². The molecule has 2 rings (SSSR count). The molecule has 0 unspecified atom stereocenters. The summed E-state index contributed by atoms with van der Waals surface area (Å²) in [6.45, 7) is 12.3. The summed E-state index contributed by atoms with van der Waals surface area (Å²) >= 11 is 0. The van der Waals surface area contributed by atoms with Gasteiger partial charge in [0.2, 0.25) is 0 Å². The van der Waals surface area contributed by atoms with Crippen LogP contribution in [0.25, 0.3) is 0 Å². The van der Waals surface area contributed by atoms with Crippen LogP contribution in [0.15, 0.2) is 0 Å². The first-order valence-electron chi connectivity index (χ1n) is 7.45. The number of hydrogen-bond donors (Lipinski definition) is 0. The van der Waals surface area contributed by atoms with Crippen molar-refractivity contribution in [3.63, 3.8) is 0 Å². The zero-order valence-corrected chi connectivity index (χ0v) is 12.5. The van der Waals surface area contributed by atoms with Crippen molar-refractivity contribution in [1.29, 1.82) is 0 Å². The molecule has 2 saturated heterocycles. The molecule has 0 N–H and O–H groups in total. The first kappa shape index (κ1) is 14.3. The van der Waals surface area contributed by atoms with Crippen molar-refractivity contribution in [2.45, 2.75) is 70.6 Å². The van der Waals surface area contributed by atoms with Crippen LogP contribution in [-0.2, 0) is 9.47 Å². The molecule has 3 nitrogen and oxygen atoms in total. The lowest BCUT2D eigenvalue weighted by molar-refractivity contribution is -0.0427.